The molecule has 0 heterocycles. The first-order valence-electron chi connectivity index (χ1n) is 6.85. The Bertz CT molecular complexity index is 313. The highest BCUT2D eigenvalue weighted by Gasteiger charge is 2.11. The van der Waals surface area contributed by atoms with E-state index in [4.69, 9.17) is 16.3 Å². The van der Waals surface area contributed by atoms with Crippen LogP contribution in [0.4, 0.5) is 0 Å². The van der Waals surface area contributed by atoms with Gasteiger partial charge in [-0.15, -0.1) is 0 Å². The van der Waals surface area contributed by atoms with E-state index in [2.05, 4.69) is 19.2 Å². The summed E-state index contributed by atoms with van der Waals surface area (Å²) in [5, 5.41) is 4.11. The Morgan fingerprint density at radius 2 is 1.89 bits per heavy atom. The second-order valence-electron chi connectivity index (χ2n) is 4.43. The lowest BCUT2D eigenvalue weighted by atomic mass is 10.1. The molecule has 0 fully saturated rings. The number of ether oxygens (including phenoxy) is 1. The van der Waals surface area contributed by atoms with E-state index in [-0.39, 0.29) is 6.10 Å². The van der Waals surface area contributed by atoms with Gasteiger partial charge in [0.1, 0.15) is 0 Å². The Balaban J connectivity index is 2.51. The second kappa shape index (κ2) is 9.37. The van der Waals surface area contributed by atoms with Crippen LogP contribution in [0, 0.1) is 0 Å². The average molecular weight is 270 g/mol. The van der Waals surface area contributed by atoms with Gasteiger partial charge in [0, 0.05) is 18.2 Å². The Morgan fingerprint density at radius 1 is 1.17 bits per heavy atom. The average Bonchev–Trinajstić information content (AvgIpc) is 2.39. The molecular formula is C15H24ClNO. The Hall–Kier alpha value is -0.570. The number of nitrogens with one attached hydrogen (secondary N) is 1. The summed E-state index contributed by atoms with van der Waals surface area (Å²) in [6, 6.07) is 7.94. The van der Waals surface area contributed by atoms with Crippen LogP contribution in [0.1, 0.15) is 44.8 Å². The van der Waals surface area contributed by atoms with Crippen molar-refractivity contribution in [2.45, 2.75) is 39.2 Å². The first kappa shape index (κ1) is 15.5. The van der Waals surface area contributed by atoms with Crippen LogP contribution < -0.4 is 5.32 Å². The molecule has 1 rings (SSSR count). The van der Waals surface area contributed by atoms with Crippen LogP contribution in [0.25, 0.3) is 0 Å². The molecule has 1 N–H and O–H groups in total. The van der Waals surface area contributed by atoms with E-state index in [1.54, 1.807) is 0 Å². The molecule has 0 aliphatic carbocycles. The molecule has 2 nitrogen and oxygen atoms in total. The Labute approximate surface area is 116 Å². The van der Waals surface area contributed by atoms with Crippen molar-refractivity contribution in [2.24, 2.45) is 0 Å². The Morgan fingerprint density at radius 3 is 2.50 bits per heavy atom. The normalized spacial score (nSPS) is 12.6. The zero-order valence-electron chi connectivity index (χ0n) is 11.4. The molecule has 1 aromatic carbocycles. The molecule has 1 unspecified atom stereocenters. The summed E-state index contributed by atoms with van der Waals surface area (Å²) in [6.45, 7) is 6.95. The quantitative estimate of drug-likeness (QED) is 0.679. The van der Waals surface area contributed by atoms with E-state index in [0.29, 0.717) is 0 Å². The van der Waals surface area contributed by atoms with Gasteiger partial charge in [-0.1, -0.05) is 50.4 Å². The molecular weight excluding hydrogens is 246 g/mol. The Kier molecular flexibility index (Phi) is 8.06. The third-order valence-corrected chi connectivity index (χ3v) is 3.14. The predicted molar refractivity (Wildman–Crippen MR) is 78.2 cm³/mol. The highest BCUT2D eigenvalue weighted by atomic mass is 35.5. The van der Waals surface area contributed by atoms with Crippen molar-refractivity contribution in [1.82, 2.24) is 5.32 Å². The number of rotatable bonds is 9. The molecule has 18 heavy (non-hydrogen) atoms. The summed E-state index contributed by atoms with van der Waals surface area (Å²) in [7, 11) is 0. The number of unbranched alkanes of at least 4 members (excludes halogenated alkanes) is 2. The molecule has 0 spiro atoms. The zero-order valence-corrected chi connectivity index (χ0v) is 12.2. The maximum Gasteiger partial charge on any atom is 0.0949 e. The summed E-state index contributed by atoms with van der Waals surface area (Å²) in [6.07, 6.45) is 3.71. The topological polar surface area (TPSA) is 21.3 Å². The van der Waals surface area contributed by atoms with Crippen molar-refractivity contribution in [3.63, 3.8) is 0 Å². The third kappa shape index (κ3) is 5.85. The number of benzene rings is 1. The van der Waals surface area contributed by atoms with Gasteiger partial charge in [-0.2, -0.15) is 0 Å². The SMILES string of the molecule is CCCCCOC(CNCC)c1ccc(Cl)cc1. The molecule has 0 aliphatic heterocycles. The van der Waals surface area contributed by atoms with Gasteiger partial charge >= 0.3 is 0 Å². The summed E-state index contributed by atoms with van der Waals surface area (Å²) in [5.74, 6) is 0. The maximum absolute atomic E-state index is 5.97. The minimum absolute atomic E-state index is 0.124. The summed E-state index contributed by atoms with van der Waals surface area (Å²) in [4.78, 5) is 0. The fourth-order valence-electron chi connectivity index (χ4n) is 1.80. The molecule has 0 bridgehead atoms. The summed E-state index contributed by atoms with van der Waals surface area (Å²) in [5.41, 5.74) is 1.19. The van der Waals surface area contributed by atoms with Crippen LogP contribution >= 0.6 is 11.6 Å². The fraction of sp³-hybridized carbons (Fsp3) is 0.600. The van der Waals surface area contributed by atoms with Crippen molar-refractivity contribution in [3.05, 3.63) is 34.9 Å². The third-order valence-electron chi connectivity index (χ3n) is 2.89. The molecule has 0 saturated carbocycles. The highest BCUT2D eigenvalue weighted by molar-refractivity contribution is 6.30. The highest BCUT2D eigenvalue weighted by Crippen LogP contribution is 2.19. The molecule has 0 aromatic heterocycles. The van der Waals surface area contributed by atoms with Crippen molar-refractivity contribution < 1.29 is 4.74 Å². The van der Waals surface area contributed by atoms with Crippen molar-refractivity contribution in [2.75, 3.05) is 19.7 Å². The molecule has 1 aromatic rings. The number of likely N-dealkylation sites (N-methyl/N-ethyl adjacent to an activating group) is 1. The molecule has 102 valence electrons. The summed E-state index contributed by atoms with van der Waals surface area (Å²) >= 11 is 5.91. The lowest BCUT2D eigenvalue weighted by Gasteiger charge is -2.19. The largest absolute Gasteiger partial charge is 0.372 e. The smallest absolute Gasteiger partial charge is 0.0949 e. The van der Waals surface area contributed by atoms with Gasteiger partial charge < -0.3 is 10.1 Å². The molecule has 0 radical (unpaired) electrons. The monoisotopic (exact) mass is 269 g/mol. The van der Waals surface area contributed by atoms with Gasteiger partial charge in [-0.3, -0.25) is 0 Å². The van der Waals surface area contributed by atoms with Crippen molar-refractivity contribution >= 4 is 11.6 Å². The predicted octanol–water partition coefficient (Wildman–Crippen LogP) is 4.20. The van der Waals surface area contributed by atoms with E-state index < -0.39 is 0 Å². The maximum atomic E-state index is 5.97. The van der Waals surface area contributed by atoms with Gasteiger partial charge in [0.25, 0.3) is 0 Å². The van der Waals surface area contributed by atoms with E-state index in [9.17, 15) is 0 Å². The van der Waals surface area contributed by atoms with Crippen molar-refractivity contribution in [3.8, 4) is 0 Å². The first-order valence-corrected chi connectivity index (χ1v) is 7.23. The lowest BCUT2D eigenvalue weighted by Crippen LogP contribution is -2.23. The van der Waals surface area contributed by atoms with Crippen LogP contribution in [0.5, 0.6) is 0 Å². The van der Waals surface area contributed by atoms with Crippen LogP contribution in [0.15, 0.2) is 24.3 Å². The van der Waals surface area contributed by atoms with Crippen LogP contribution in [-0.4, -0.2) is 19.7 Å². The van der Waals surface area contributed by atoms with Gasteiger partial charge in [0.15, 0.2) is 0 Å². The van der Waals surface area contributed by atoms with Gasteiger partial charge in [-0.25, -0.2) is 0 Å². The van der Waals surface area contributed by atoms with Gasteiger partial charge in [0.05, 0.1) is 6.10 Å². The van der Waals surface area contributed by atoms with E-state index >= 15 is 0 Å². The molecule has 0 saturated heterocycles. The minimum atomic E-state index is 0.124. The number of hydrogen-bond acceptors (Lipinski definition) is 2. The van der Waals surface area contributed by atoms with E-state index in [0.717, 1.165) is 31.1 Å². The van der Waals surface area contributed by atoms with E-state index in [1.807, 2.05) is 24.3 Å². The summed E-state index contributed by atoms with van der Waals surface area (Å²) < 4.78 is 5.97. The van der Waals surface area contributed by atoms with Crippen molar-refractivity contribution in [1.29, 1.82) is 0 Å². The minimum Gasteiger partial charge on any atom is -0.372 e. The molecule has 1 atom stereocenters. The lowest BCUT2D eigenvalue weighted by molar-refractivity contribution is 0.0504. The molecule has 0 amide bonds. The van der Waals surface area contributed by atoms with Gasteiger partial charge in [-0.05, 0) is 30.7 Å². The van der Waals surface area contributed by atoms with Crippen LogP contribution in [0.3, 0.4) is 0 Å². The first-order chi connectivity index (χ1) is 8.77. The molecule has 0 aliphatic rings. The van der Waals surface area contributed by atoms with Gasteiger partial charge in [0.2, 0.25) is 0 Å². The fourth-order valence-corrected chi connectivity index (χ4v) is 1.93. The second-order valence-corrected chi connectivity index (χ2v) is 4.86. The number of hydrogen-bond donors (Lipinski definition) is 1. The van der Waals surface area contributed by atoms with Crippen LogP contribution in [0.2, 0.25) is 5.02 Å². The number of halogens is 1. The molecule has 3 heteroatoms. The van der Waals surface area contributed by atoms with Crippen LogP contribution in [-0.2, 0) is 4.74 Å². The standard InChI is InChI=1S/C15H24ClNO/c1-3-5-6-11-18-15(12-17-4-2)13-7-9-14(16)10-8-13/h7-10,15,17H,3-6,11-12H2,1-2H3. The zero-order chi connectivity index (χ0) is 13.2. The van der Waals surface area contributed by atoms with E-state index in [1.165, 1.54) is 18.4 Å².